The molecule has 5 rings (SSSR count). The molecule has 23 heavy (non-hydrogen) atoms. The van der Waals surface area contributed by atoms with Gasteiger partial charge in [0.05, 0.1) is 17.8 Å². The normalized spacial score (nSPS) is 14.7. The summed E-state index contributed by atoms with van der Waals surface area (Å²) in [5.74, 6) is 0.674. The molecule has 1 fully saturated rings. The van der Waals surface area contributed by atoms with Gasteiger partial charge in [0.2, 0.25) is 0 Å². The lowest BCUT2D eigenvalue weighted by Gasteiger charge is -2.09. The van der Waals surface area contributed by atoms with Gasteiger partial charge in [-0.1, -0.05) is 5.21 Å². The summed E-state index contributed by atoms with van der Waals surface area (Å²) in [6, 6.07) is 4.55. The maximum Gasteiger partial charge on any atom is 0.184 e. The summed E-state index contributed by atoms with van der Waals surface area (Å²) in [6.45, 7) is 2.04. The van der Waals surface area contributed by atoms with E-state index in [1.54, 1.807) is 12.5 Å². The number of fused-ring (bicyclic) bond motifs is 2. The van der Waals surface area contributed by atoms with Gasteiger partial charge < -0.3 is 5.32 Å². The molecule has 1 aliphatic rings. The van der Waals surface area contributed by atoms with Crippen molar-refractivity contribution in [2.75, 3.05) is 5.32 Å². The van der Waals surface area contributed by atoms with E-state index in [2.05, 4.69) is 41.9 Å². The minimum absolute atomic E-state index is 0.437. The topological polar surface area (TPSA) is 97.2 Å². The standard InChI is InChI=1S/C15H14N8/c1-8-4-12-9(6-18-20-12)5-11(8)19-14-13-15(17-7-16-14)23(22-21-13)10-2-3-10/h4-7,10H,2-3H2,1H3,(H,18,20)(H,16,17,19). The lowest BCUT2D eigenvalue weighted by atomic mass is 10.1. The van der Waals surface area contributed by atoms with Crippen LogP contribution in [0.4, 0.5) is 11.5 Å². The van der Waals surface area contributed by atoms with Gasteiger partial charge in [-0.3, -0.25) is 5.10 Å². The molecule has 1 saturated carbocycles. The SMILES string of the molecule is Cc1cc2[nH]ncc2cc1Nc1ncnc2c1nnn2C1CC1. The fourth-order valence-electron chi connectivity index (χ4n) is 2.78. The number of nitrogens with one attached hydrogen (secondary N) is 2. The van der Waals surface area contributed by atoms with Crippen molar-refractivity contribution >= 4 is 33.6 Å². The van der Waals surface area contributed by atoms with Crippen molar-refractivity contribution in [3.05, 3.63) is 30.2 Å². The summed E-state index contributed by atoms with van der Waals surface area (Å²) in [6.07, 6.45) is 5.64. The van der Waals surface area contributed by atoms with E-state index in [-0.39, 0.29) is 0 Å². The first-order valence-corrected chi connectivity index (χ1v) is 7.56. The van der Waals surface area contributed by atoms with Gasteiger partial charge in [0.25, 0.3) is 0 Å². The van der Waals surface area contributed by atoms with E-state index in [1.807, 2.05) is 17.7 Å². The van der Waals surface area contributed by atoms with E-state index in [9.17, 15) is 0 Å². The van der Waals surface area contributed by atoms with Gasteiger partial charge in [0, 0.05) is 11.1 Å². The fourth-order valence-corrected chi connectivity index (χ4v) is 2.78. The molecule has 0 aliphatic heterocycles. The van der Waals surface area contributed by atoms with Crippen LogP contribution >= 0.6 is 0 Å². The van der Waals surface area contributed by atoms with Crippen LogP contribution in [0.1, 0.15) is 24.4 Å². The van der Waals surface area contributed by atoms with Crippen molar-refractivity contribution in [2.24, 2.45) is 0 Å². The molecule has 3 heterocycles. The molecule has 2 N–H and O–H groups in total. The highest BCUT2D eigenvalue weighted by Crippen LogP contribution is 2.36. The highest BCUT2D eigenvalue weighted by molar-refractivity contribution is 5.88. The predicted molar refractivity (Wildman–Crippen MR) is 85.5 cm³/mol. The molecule has 3 aromatic heterocycles. The second-order valence-corrected chi connectivity index (χ2v) is 5.91. The number of benzene rings is 1. The Labute approximate surface area is 130 Å². The van der Waals surface area contributed by atoms with Crippen LogP contribution in [0, 0.1) is 6.92 Å². The van der Waals surface area contributed by atoms with E-state index >= 15 is 0 Å². The molecule has 4 aromatic rings. The number of aromatic amines is 1. The van der Waals surface area contributed by atoms with Crippen molar-refractivity contribution in [1.82, 2.24) is 35.2 Å². The van der Waals surface area contributed by atoms with E-state index in [1.165, 1.54) is 0 Å². The number of hydrogen-bond donors (Lipinski definition) is 2. The monoisotopic (exact) mass is 306 g/mol. The summed E-state index contributed by atoms with van der Waals surface area (Å²) in [4.78, 5) is 8.68. The quantitative estimate of drug-likeness (QED) is 0.603. The Morgan fingerprint density at radius 3 is 3.04 bits per heavy atom. The Morgan fingerprint density at radius 2 is 2.17 bits per heavy atom. The van der Waals surface area contributed by atoms with Crippen molar-refractivity contribution in [3.8, 4) is 0 Å². The Kier molecular flexibility index (Phi) is 2.44. The molecule has 0 radical (unpaired) electrons. The van der Waals surface area contributed by atoms with Crippen LogP contribution in [0.5, 0.6) is 0 Å². The number of hydrogen-bond acceptors (Lipinski definition) is 6. The first-order valence-electron chi connectivity index (χ1n) is 7.56. The van der Waals surface area contributed by atoms with Crippen LogP contribution in [0.25, 0.3) is 22.1 Å². The third kappa shape index (κ3) is 1.95. The average molecular weight is 306 g/mol. The fraction of sp³-hybridized carbons (Fsp3) is 0.267. The number of rotatable bonds is 3. The Bertz CT molecular complexity index is 1030. The Morgan fingerprint density at radius 1 is 1.26 bits per heavy atom. The van der Waals surface area contributed by atoms with Crippen molar-refractivity contribution in [3.63, 3.8) is 0 Å². The van der Waals surface area contributed by atoms with Gasteiger partial charge in [-0.2, -0.15) is 5.10 Å². The summed E-state index contributed by atoms with van der Waals surface area (Å²) in [5, 5.41) is 19.9. The zero-order valence-electron chi connectivity index (χ0n) is 12.5. The van der Waals surface area contributed by atoms with Gasteiger partial charge in [-0.25, -0.2) is 14.6 Å². The Hall–Kier alpha value is -3.03. The van der Waals surface area contributed by atoms with Gasteiger partial charge in [-0.05, 0) is 37.5 Å². The lowest BCUT2D eigenvalue weighted by Crippen LogP contribution is -2.00. The van der Waals surface area contributed by atoms with E-state index in [0.717, 1.165) is 40.6 Å². The molecule has 0 atom stereocenters. The predicted octanol–water partition coefficient (Wildman–Crippen LogP) is 2.48. The zero-order valence-corrected chi connectivity index (χ0v) is 12.5. The number of H-pyrrole nitrogens is 1. The maximum atomic E-state index is 4.34. The molecular weight excluding hydrogens is 292 g/mol. The summed E-state index contributed by atoms with van der Waals surface area (Å²) < 4.78 is 1.90. The summed E-state index contributed by atoms with van der Waals surface area (Å²) in [7, 11) is 0. The number of aromatic nitrogens is 7. The first-order chi connectivity index (χ1) is 11.3. The molecular formula is C15H14N8. The van der Waals surface area contributed by atoms with E-state index in [4.69, 9.17) is 0 Å². The largest absolute Gasteiger partial charge is 0.338 e. The second kappa shape index (κ2) is 4.48. The molecule has 1 aliphatic carbocycles. The van der Waals surface area contributed by atoms with Gasteiger partial charge >= 0.3 is 0 Å². The van der Waals surface area contributed by atoms with E-state index in [0.29, 0.717) is 17.4 Å². The van der Waals surface area contributed by atoms with E-state index < -0.39 is 0 Å². The number of anilines is 2. The molecule has 0 bridgehead atoms. The van der Waals surface area contributed by atoms with Crippen LogP contribution < -0.4 is 5.32 Å². The van der Waals surface area contributed by atoms with Crippen LogP contribution in [-0.2, 0) is 0 Å². The molecule has 8 heteroatoms. The lowest BCUT2D eigenvalue weighted by molar-refractivity contribution is 0.624. The van der Waals surface area contributed by atoms with Gasteiger partial charge in [0.15, 0.2) is 17.0 Å². The van der Waals surface area contributed by atoms with Gasteiger partial charge in [0.1, 0.15) is 6.33 Å². The Balaban J connectivity index is 1.61. The maximum absolute atomic E-state index is 4.34. The molecule has 0 amide bonds. The second-order valence-electron chi connectivity index (χ2n) is 5.91. The van der Waals surface area contributed by atoms with Gasteiger partial charge in [-0.15, -0.1) is 5.10 Å². The van der Waals surface area contributed by atoms with Crippen LogP contribution in [0.2, 0.25) is 0 Å². The summed E-state index contributed by atoms with van der Waals surface area (Å²) in [5.41, 5.74) is 4.57. The average Bonchev–Trinajstić information content (AvgIpc) is 3.13. The smallest absolute Gasteiger partial charge is 0.184 e. The number of aryl methyl sites for hydroxylation is 1. The number of nitrogens with zero attached hydrogens (tertiary/aromatic N) is 6. The third-order valence-corrected chi connectivity index (χ3v) is 4.19. The zero-order chi connectivity index (χ0) is 15.4. The van der Waals surface area contributed by atoms with Crippen molar-refractivity contribution < 1.29 is 0 Å². The molecule has 1 aromatic carbocycles. The van der Waals surface area contributed by atoms with Crippen LogP contribution in [0.15, 0.2) is 24.7 Å². The molecule has 114 valence electrons. The molecule has 8 nitrogen and oxygen atoms in total. The molecule has 0 unspecified atom stereocenters. The minimum Gasteiger partial charge on any atom is -0.338 e. The minimum atomic E-state index is 0.437. The molecule has 0 spiro atoms. The van der Waals surface area contributed by atoms with Crippen molar-refractivity contribution in [1.29, 1.82) is 0 Å². The summed E-state index contributed by atoms with van der Waals surface area (Å²) >= 11 is 0. The molecule has 0 saturated heterocycles. The van der Waals surface area contributed by atoms with Crippen LogP contribution in [0.3, 0.4) is 0 Å². The van der Waals surface area contributed by atoms with Crippen LogP contribution in [-0.4, -0.2) is 35.2 Å². The highest BCUT2D eigenvalue weighted by Gasteiger charge is 2.28. The van der Waals surface area contributed by atoms with Crippen molar-refractivity contribution in [2.45, 2.75) is 25.8 Å². The highest BCUT2D eigenvalue weighted by atomic mass is 15.5. The third-order valence-electron chi connectivity index (χ3n) is 4.19. The first kappa shape index (κ1) is 12.5.